The standard InChI is InChI=1S/C18H17F3N2O/c1-12(2)9-17(13-5-4-8-23-11-13)24-14-6-7-16(22-3)15(10-14)18(19,20)21/h4-8,10-12,17H,9H2,1-2H3. The largest absolute Gasteiger partial charge is 0.486 e. The highest BCUT2D eigenvalue weighted by atomic mass is 19.4. The topological polar surface area (TPSA) is 26.5 Å². The third-order valence-corrected chi connectivity index (χ3v) is 3.41. The molecule has 126 valence electrons. The second-order valence-electron chi connectivity index (χ2n) is 5.81. The van der Waals surface area contributed by atoms with Crippen LogP contribution in [-0.4, -0.2) is 4.98 Å². The Labute approximate surface area is 138 Å². The fraction of sp³-hybridized carbons (Fsp3) is 0.333. The van der Waals surface area contributed by atoms with Crippen molar-refractivity contribution in [2.45, 2.75) is 32.5 Å². The zero-order chi connectivity index (χ0) is 17.7. The van der Waals surface area contributed by atoms with Gasteiger partial charge in [-0.15, -0.1) is 0 Å². The van der Waals surface area contributed by atoms with E-state index in [1.165, 1.54) is 6.07 Å². The predicted molar refractivity (Wildman–Crippen MR) is 84.8 cm³/mol. The van der Waals surface area contributed by atoms with Gasteiger partial charge in [-0.1, -0.05) is 26.0 Å². The highest BCUT2D eigenvalue weighted by Gasteiger charge is 2.34. The number of nitrogens with zero attached hydrogens (tertiary/aromatic N) is 2. The average molecular weight is 334 g/mol. The molecule has 6 heteroatoms. The van der Waals surface area contributed by atoms with Crippen molar-refractivity contribution in [2.75, 3.05) is 0 Å². The summed E-state index contributed by atoms with van der Waals surface area (Å²) in [6.07, 6.45) is -1.09. The van der Waals surface area contributed by atoms with Gasteiger partial charge in [-0.05, 0) is 30.5 Å². The molecule has 0 aliphatic rings. The minimum absolute atomic E-state index is 0.0872. The van der Waals surface area contributed by atoms with E-state index in [0.717, 1.165) is 17.7 Å². The molecule has 2 rings (SSSR count). The van der Waals surface area contributed by atoms with Crippen molar-refractivity contribution in [3.8, 4) is 5.75 Å². The van der Waals surface area contributed by atoms with Crippen molar-refractivity contribution in [1.82, 2.24) is 4.98 Å². The predicted octanol–water partition coefficient (Wildman–Crippen LogP) is 5.82. The Morgan fingerprint density at radius 1 is 1.25 bits per heavy atom. The summed E-state index contributed by atoms with van der Waals surface area (Å²) in [6.45, 7) is 10.9. The molecule has 2 aromatic rings. The third-order valence-electron chi connectivity index (χ3n) is 3.41. The van der Waals surface area contributed by atoms with Crippen LogP contribution in [0.15, 0.2) is 42.7 Å². The molecule has 1 unspecified atom stereocenters. The number of rotatable bonds is 5. The van der Waals surface area contributed by atoms with Gasteiger partial charge in [0.05, 0.1) is 12.1 Å². The molecule has 0 saturated carbocycles. The number of halogens is 3. The summed E-state index contributed by atoms with van der Waals surface area (Å²) < 4.78 is 45.0. The Kier molecular flexibility index (Phi) is 5.45. The molecule has 1 atom stereocenters. The van der Waals surface area contributed by atoms with Crippen LogP contribution in [0, 0.1) is 12.5 Å². The summed E-state index contributed by atoms with van der Waals surface area (Å²) in [5.41, 5.74) is -0.616. The molecule has 0 N–H and O–H groups in total. The fourth-order valence-electron chi connectivity index (χ4n) is 2.32. The van der Waals surface area contributed by atoms with E-state index >= 15 is 0 Å². The quantitative estimate of drug-likeness (QED) is 0.644. The lowest BCUT2D eigenvalue weighted by Gasteiger charge is -2.22. The van der Waals surface area contributed by atoms with Crippen LogP contribution in [0.25, 0.3) is 4.85 Å². The zero-order valence-corrected chi connectivity index (χ0v) is 13.3. The van der Waals surface area contributed by atoms with Crippen molar-refractivity contribution in [1.29, 1.82) is 0 Å². The van der Waals surface area contributed by atoms with Crippen molar-refractivity contribution in [3.63, 3.8) is 0 Å². The molecule has 1 heterocycles. The average Bonchev–Trinajstić information content (AvgIpc) is 2.54. The van der Waals surface area contributed by atoms with Crippen LogP contribution in [-0.2, 0) is 6.18 Å². The summed E-state index contributed by atoms with van der Waals surface area (Å²) in [6, 6.07) is 7.01. The monoisotopic (exact) mass is 334 g/mol. The second-order valence-corrected chi connectivity index (χ2v) is 5.81. The Hall–Kier alpha value is -2.55. The third kappa shape index (κ3) is 4.48. The van der Waals surface area contributed by atoms with Crippen LogP contribution in [0.1, 0.15) is 37.5 Å². The van der Waals surface area contributed by atoms with Gasteiger partial charge in [-0.25, -0.2) is 4.85 Å². The molecule has 0 saturated heterocycles. The Bertz CT molecular complexity index is 721. The van der Waals surface area contributed by atoms with E-state index in [1.807, 2.05) is 19.9 Å². The Morgan fingerprint density at radius 2 is 2.00 bits per heavy atom. The lowest BCUT2D eigenvalue weighted by atomic mass is 10.0. The van der Waals surface area contributed by atoms with E-state index < -0.39 is 23.5 Å². The van der Waals surface area contributed by atoms with Crippen LogP contribution in [0.2, 0.25) is 0 Å². The number of benzene rings is 1. The van der Waals surface area contributed by atoms with E-state index in [-0.39, 0.29) is 5.75 Å². The zero-order valence-electron chi connectivity index (χ0n) is 13.3. The molecular weight excluding hydrogens is 317 g/mol. The number of hydrogen-bond donors (Lipinski definition) is 0. The molecule has 24 heavy (non-hydrogen) atoms. The minimum Gasteiger partial charge on any atom is -0.486 e. The summed E-state index contributed by atoms with van der Waals surface area (Å²) in [5.74, 6) is 0.379. The lowest BCUT2D eigenvalue weighted by Crippen LogP contribution is -2.12. The molecule has 3 nitrogen and oxygen atoms in total. The summed E-state index contributed by atoms with van der Waals surface area (Å²) >= 11 is 0. The highest BCUT2D eigenvalue weighted by molar-refractivity contribution is 5.56. The van der Waals surface area contributed by atoms with Gasteiger partial charge < -0.3 is 4.74 Å². The number of ether oxygens (including phenoxy) is 1. The smallest absolute Gasteiger partial charge is 0.407 e. The molecule has 1 aromatic carbocycles. The fourth-order valence-corrected chi connectivity index (χ4v) is 2.32. The van der Waals surface area contributed by atoms with Gasteiger partial charge in [0.1, 0.15) is 11.9 Å². The SMILES string of the molecule is [C-]#[N+]c1ccc(OC(CC(C)C)c2cccnc2)cc1C(F)(F)F. The first kappa shape index (κ1) is 17.8. The Balaban J connectivity index is 2.35. The lowest BCUT2D eigenvalue weighted by molar-refractivity contribution is -0.137. The van der Waals surface area contributed by atoms with Crippen LogP contribution in [0.3, 0.4) is 0 Å². The minimum atomic E-state index is -4.60. The van der Waals surface area contributed by atoms with Gasteiger partial charge in [0.25, 0.3) is 0 Å². The van der Waals surface area contributed by atoms with E-state index in [4.69, 9.17) is 11.3 Å². The van der Waals surface area contributed by atoms with E-state index in [9.17, 15) is 13.2 Å². The van der Waals surface area contributed by atoms with E-state index in [0.29, 0.717) is 12.3 Å². The maximum absolute atomic E-state index is 13.1. The van der Waals surface area contributed by atoms with E-state index in [2.05, 4.69) is 9.83 Å². The van der Waals surface area contributed by atoms with Crippen LogP contribution in [0.5, 0.6) is 5.75 Å². The first-order chi connectivity index (χ1) is 11.3. The van der Waals surface area contributed by atoms with Crippen molar-refractivity contribution in [2.24, 2.45) is 5.92 Å². The van der Waals surface area contributed by atoms with Crippen molar-refractivity contribution >= 4 is 5.69 Å². The first-order valence-corrected chi connectivity index (χ1v) is 7.46. The van der Waals surface area contributed by atoms with Gasteiger partial charge in [-0.3, -0.25) is 4.98 Å². The molecule has 0 aliphatic carbocycles. The van der Waals surface area contributed by atoms with E-state index in [1.54, 1.807) is 18.5 Å². The number of pyridine rings is 1. The summed E-state index contributed by atoms with van der Waals surface area (Å²) in [4.78, 5) is 6.97. The molecular formula is C18H17F3N2O. The normalized spacial score (nSPS) is 12.7. The van der Waals surface area contributed by atoms with Gasteiger partial charge >= 0.3 is 6.18 Å². The van der Waals surface area contributed by atoms with Crippen LogP contribution < -0.4 is 4.74 Å². The molecule has 0 spiro atoms. The van der Waals surface area contributed by atoms with Crippen LogP contribution in [0.4, 0.5) is 18.9 Å². The second kappa shape index (κ2) is 7.35. The maximum Gasteiger partial charge on any atom is 0.407 e. The summed E-state index contributed by atoms with van der Waals surface area (Å²) in [7, 11) is 0. The number of alkyl halides is 3. The molecule has 0 radical (unpaired) electrons. The first-order valence-electron chi connectivity index (χ1n) is 7.46. The molecule has 0 bridgehead atoms. The van der Waals surface area contributed by atoms with Crippen LogP contribution >= 0.6 is 0 Å². The number of hydrogen-bond acceptors (Lipinski definition) is 2. The van der Waals surface area contributed by atoms with Gasteiger partial charge in [0, 0.05) is 18.0 Å². The van der Waals surface area contributed by atoms with Gasteiger partial charge in [0.2, 0.25) is 0 Å². The molecule has 0 amide bonds. The number of aromatic nitrogens is 1. The summed E-state index contributed by atoms with van der Waals surface area (Å²) in [5, 5.41) is 0. The van der Waals surface area contributed by atoms with Gasteiger partial charge in [-0.2, -0.15) is 13.2 Å². The molecule has 1 aromatic heterocycles. The van der Waals surface area contributed by atoms with Crippen molar-refractivity contribution < 1.29 is 17.9 Å². The highest BCUT2D eigenvalue weighted by Crippen LogP contribution is 2.39. The Morgan fingerprint density at radius 3 is 2.54 bits per heavy atom. The molecule has 0 fully saturated rings. The van der Waals surface area contributed by atoms with Crippen molar-refractivity contribution in [3.05, 3.63) is 65.3 Å². The van der Waals surface area contributed by atoms with Gasteiger partial charge in [0.15, 0.2) is 5.69 Å². The maximum atomic E-state index is 13.1. The molecule has 0 aliphatic heterocycles.